The van der Waals surface area contributed by atoms with E-state index in [-0.39, 0.29) is 4.90 Å². The first-order valence-electron chi connectivity index (χ1n) is 8.49. The zero-order valence-corrected chi connectivity index (χ0v) is 17.0. The Morgan fingerprint density at radius 3 is 1.75 bits per heavy atom. The maximum Gasteiger partial charge on any atom is 0.241 e. The SMILES string of the molecule is COc1ccc(C(NS(=O)(=O)c2cccc(Cl)c2)c2ccc(OC)cc2)cc1. The molecule has 0 fully saturated rings. The number of nitrogens with one attached hydrogen (secondary N) is 1. The molecule has 0 atom stereocenters. The number of rotatable bonds is 7. The first kappa shape index (κ1) is 20.2. The molecule has 0 saturated carbocycles. The molecule has 1 N–H and O–H groups in total. The quantitative estimate of drug-likeness (QED) is 0.617. The van der Waals surface area contributed by atoms with E-state index < -0.39 is 16.1 Å². The van der Waals surface area contributed by atoms with E-state index in [4.69, 9.17) is 21.1 Å². The van der Waals surface area contributed by atoms with Gasteiger partial charge in [-0.3, -0.25) is 0 Å². The highest BCUT2D eigenvalue weighted by molar-refractivity contribution is 7.89. The van der Waals surface area contributed by atoms with E-state index in [0.29, 0.717) is 16.5 Å². The molecule has 0 aliphatic heterocycles. The lowest BCUT2D eigenvalue weighted by molar-refractivity contribution is 0.414. The molecule has 0 aliphatic rings. The molecule has 3 rings (SSSR count). The first-order chi connectivity index (χ1) is 13.4. The minimum Gasteiger partial charge on any atom is -0.497 e. The van der Waals surface area contributed by atoms with Crippen molar-refractivity contribution >= 4 is 21.6 Å². The fourth-order valence-electron chi connectivity index (χ4n) is 2.78. The van der Waals surface area contributed by atoms with Crippen molar-refractivity contribution in [2.24, 2.45) is 0 Å². The van der Waals surface area contributed by atoms with Gasteiger partial charge in [0.05, 0.1) is 25.2 Å². The Labute approximate surface area is 169 Å². The molecule has 0 radical (unpaired) electrons. The molecular formula is C21H20ClNO4S. The molecular weight excluding hydrogens is 398 g/mol. The Morgan fingerprint density at radius 1 is 0.821 bits per heavy atom. The van der Waals surface area contributed by atoms with Gasteiger partial charge in [-0.25, -0.2) is 8.42 Å². The third-order valence-electron chi connectivity index (χ3n) is 4.28. The lowest BCUT2D eigenvalue weighted by Gasteiger charge is -2.20. The fourth-order valence-corrected chi connectivity index (χ4v) is 4.29. The van der Waals surface area contributed by atoms with Gasteiger partial charge in [-0.2, -0.15) is 4.72 Å². The van der Waals surface area contributed by atoms with E-state index in [2.05, 4.69) is 4.72 Å². The van der Waals surface area contributed by atoms with Crippen LogP contribution < -0.4 is 14.2 Å². The van der Waals surface area contributed by atoms with Crippen LogP contribution in [0.1, 0.15) is 17.2 Å². The molecule has 0 unspecified atom stereocenters. The third kappa shape index (κ3) is 4.65. The molecule has 0 amide bonds. The van der Waals surface area contributed by atoms with Crippen LogP contribution in [-0.4, -0.2) is 22.6 Å². The second kappa shape index (κ2) is 8.65. The Balaban J connectivity index is 2.01. The third-order valence-corrected chi connectivity index (χ3v) is 5.93. The van der Waals surface area contributed by atoms with Gasteiger partial charge in [0.25, 0.3) is 0 Å². The van der Waals surface area contributed by atoms with Crippen molar-refractivity contribution in [2.45, 2.75) is 10.9 Å². The molecule has 3 aromatic rings. The number of ether oxygens (including phenoxy) is 2. The lowest BCUT2D eigenvalue weighted by atomic mass is 9.99. The summed E-state index contributed by atoms with van der Waals surface area (Å²) in [4.78, 5) is 0.104. The summed E-state index contributed by atoms with van der Waals surface area (Å²) in [6, 6.07) is 20.0. The zero-order chi connectivity index (χ0) is 20.1. The van der Waals surface area contributed by atoms with Crippen molar-refractivity contribution in [3.63, 3.8) is 0 Å². The van der Waals surface area contributed by atoms with E-state index in [1.54, 1.807) is 50.6 Å². The second-order valence-corrected chi connectivity index (χ2v) is 8.21. The molecule has 0 aromatic heterocycles. The van der Waals surface area contributed by atoms with Gasteiger partial charge in [-0.15, -0.1) is 0 Å². The topological polar surface area (TPSA) is 64.6 Å². The van der Waals surface area contributed by atoms with Crippen LogP contribution in [0.15, 0.2) is 77.7 Å². The molecule has 0 saturated heterocycles. The molecule has 0 bridgehead atoms. The normalized spacial score (nSPS) is 11.4. The van der Waals surface area contributed by atoms with Crippen molar-refractivity contribution in [1.29, 1.82) is 0 Å². The predicted octanol–water partition coefficient (Wildman–Crippen LogP) is 4.43. The minimum atomic E-state index is -3.81. The van der Waals surface area contributed by atoms with Crippen LogP contribution in [0.3, 0.4) is 0 Å². The van der Waals surface area contributed by atoms with Crippen LogP contribution in [-0.2, 0) is 10.0 Å². The van der Waals surface area contributed by atoms with Crippen LogP contribution in [0.25, 0.3) is 0 Å². The number of halogens is 1. The summed E-state index contributed by atoms with van der Waals surface area (Å²) in [7, 11) is -0.644. The van der Waals surface area contributed by atoms with E-state index >= 15 is 0 Å². The Bertz CT molecular complexity index is 987. The van der Waals surface area contributed by atoms with Gasteiger partial charge < -0.3 is 9.47 Å². The predicted molar refractivity (Wildman–Crippen MR) is 110 cm³/mol. The van der Waals surface area contributed by atoms with Gasteiger partial charge in [0, 0.05) is 5.02 Å². The number of hydrogen-bond acceptors (Lipinski definition) is 4. The van der Waals surface area contributed by atoms with E-state index in [1.807, 2.05) is 24.3 Å². The number of sulfonamides is 1. The Hall–Kier alpha value is -2.54. The largest absolute Gasteiger partial charge is 0.497 e. The lowest BCUT2D eigenvalue weighted by Crippen LogP contribution is -2.29. The summed E-state index contributed by atoms with van der Waals surface area (Å²) in [6.07, 6.45) is 0. The maximum atomic E-state index is 13.0. The smallest absolute Gasteiger partial charge is 0.241 e. The molecule has 7 heteroatoms. The molecule has 5 nitrogen and oxygen atoms in total. The van der Waals surface area contributed by atoms with Crippen molar-refractivity contribution < 1.29 is 17.9 Å². The summed E-state index contributed by atoms with van der Waals surface area (Å²) >= 11 is 5.97. The molecule has 146 valence electrons. The van der Waals surface area contributed by atoms with Crippen LogP contribution in [0.5, 0.6) is 11.5 Å². The van der Waals surface area contributed by atoms with Crippen LogP contribution >= 0.6 is 11.6 Å². The number of benzene rings is 3. The Kier molecular flexibility index (Phi) is 6.24. The van der Waals surface area contributed by atoms with Gasteiger partial charge in [0.15, 0.2) is 0 Å². The van der Waals surface area contributed by atoms with Crippen molar-refractivity contribution in [2.75, 3.05) is 14.2 Å². The molecule has 0 aliphatic carbocycles. The van der Waals surface area contributed by atoms with Gasteiger partial charge in [0.2, 0.25) is 10.0 Å². The molecule has 28 heavy (non-hydrogen) atoms. The van der Waals surface area contributed by atoms with E-state index in [1.165, 1.54) is 12.1 Å². The molecule has 0 heterocycles. The van der Waals surface area contributed by atoms with Crippen molar-refractivity contribution in [1.82, 2.24) is 4.72 Å². The van der Waals surface area contributed by atoms with Gasteiger partial charge in [-0.1, -0.05) is 41.9 Å². The number of hydrogen-bond donors (Lipinski definition) is 1. The Morgan fingerprint density at radius 2 is 1.32 bits per heavy atom. The highest BCUT2D eigenvalue weighted by atomic mass is 35.5. The molecule has 3 aromatic carbocycles. The van der Waals surface area contributed by atoms with Crippen molar-refractivity contribution in [3.8, 4) is 11.5 Å². The summed E-state index contributed by atoms with van der Waals surface area (Å²) in [6.45, 7) is 0. The second-order valence-electron chi connectivity index (χ2n) is 6.06. The average molecular weight is 418 g/mol. The van der Waals surface area contributed by atoms with E-state index in [9.17, 15) is 8.42 Å². The van der Waals surface area contributed by atoms with E-state index in [0.717, 1.165) is 11.1 Å². The first-order valence-corrected chi connectivity index (χ1v) is 10.3. The monoisotopic (exact) mass is 417 g/mol. The van der Waals surface area contributed by atoms with Crippen LogP contribution in [0, 0.1) is 0 Å². The summed E-state index contributed by atoms with van der Waals surface area (Å²) in [5.74, 6) is 1.38. The van der Waals surface area contributed by atoms with Gasteiger partial charge in [0.1, 0.15) is 11.5 Å². The van der Waals surface area contributed by atoms with Gasteiger partial charge >= 0.3 is 0 Å². The van der Waals surface area contributed by atoms with Crippen LogP contribution in [0.4, 0.5) is 0 Å². The molecule has 0 spiro atoms. The summed E-state index contributed by atoms with van der Waals surface area (Å²) < 4.78 is 39.1. The fraction of sp³-hybridized carbons (Fsp3) is 0.143. The number of methoxy groups -OCH3 is 2. The minimum absolute atomic E-state index is 0.104. The average Bonchev–Trinajstić information content (AvgIpc) is 2.72. The highest BCUT2D eigenvalue weighted by Gasteiger charge is 2.23. The van der Waals surface area contributed by atoms with Crippen molar-refractivity contribution in [3.05, 3.63) is 88.9 Å². The van der Waals surface area contributed by atoms with Gasteiger partial charge in [-0.05, 0) is 53.6 Å². The maximum absolute atomic E-state index is 13.0. The highest BCUT2D eigenvalue weighted by Crippen LogP contribution is 2.28. The standard InChI is InChI=1S/C21H20ClNO4S/c1-26-18-10-6-15(7-11-18)21(16-8-12-19(27-2)13-9-16)23-28(24,25)20-5-3-4-17(22)14-20/h3-14,21,23H,1-2H3. The zero-order valence-electron chi connectivity index (χ0n) is 15.4. The van der Waals surface area contributed by atoms with Crippen LogP contribution in [0.2, 0.25) is 5.02 Å². The summed E-state index contributed by atoms with van der Waals surface area (Å²) in [5, 5.41) is 0.355. The summed E-state index contributed by atoms with van der Waals surface area (Å²) in [5.41, 5.74) is 1.55.